The van der Waals surface area contributed by atoms with Crippen molar-refractivity contribution in [3.8, 4) is 11.1 Å². The van der Waals surface area contributed by atoms with Gasteiger partial charge in [0.05, 0.1) is 0 Å². The third-order valence-electron chi connectivity index (χ3n) is 2.28. The van der Waals surface area contributed by atoms with Gasteiger partial charge >= 0.3 is 17.1 Å². The van der Waals surface area contributed by atoms with E-state index in [2.05, 4.69) is 0 Å². The number of hydrogen-bond acceptors (Lipinski definition) is 3. The zero-order chi connectivity index (χ0) is 11.6. The van der Waals surface area contributed by atoms with Crippen LogP contribution in [-0.2, 0) is 21.6 Å². The summed E-state index contributed by atoms with van der Waals surface area (Å²) in [6.45, 7) is 0. The van der Waals surface area contributed by atoms with Gasteiger partial charge in [-0.3, -0.25) is 0 Å². The first-order chi connectivity index (χ1) is 7.59. The Balaban J connectivity index is 0.00000144. The average Bonchev–Trinajstić information content (AvgIpc) is 2.29. The Morgan fingerprint density at radius 1 is 0.824 bits per heavy atom. The van der Waals surface area contributed by atoms with E-state index in [1.165, 1.54) is 6.07 Å². The van der Waals surface area contributed by atoms with Gasteiger partial charge in [0.1, 0.15) is 0 Å². The van der Waals surface area contributed by atoms with E-state index >= 15 is 0 Å². The van der Waals surface area contributed by atoms with Crippen molar-refractivity contribution in [3.63, 3.8) is 0 Å². The van der Waals surface area contributed by atoms with Crippen LogP contribution < -0.4 is 15.1 Å². The molecule has 0 N–H and O–H groups in total. The number of benzene rings is 2. The molecule has 0 amide bonds. The molecule has 0 saturated heterocycles. The van der Waals surface area contributed by atoms with Gasteiger partial charge in [0.15, 0.2) is 0 Å². The first kappa shape index (κ1) is 14.2. The van der Waals surface area contributed by atoms with Crippen LogP contribution in [-0.4, -0.2) is 0 Å². The van der Waals surface area contributed by atoms with Crippen molar-refractivity contribution in [2.75, 3.05) is 0 Å². The van der Waals surface area contributed by atoms with Gasteiger partial charge in [0.25, 0.3) is 0 Å². The second kappa shape index (κ2) is 5.63. The van der Waals surface area contributed by atoms with E-state index < -0.39 is 7.60 Å². The summed E-state index contributed by atoms with van der Waals surface area (Å²) in [5.41, 5.74) is 1.18. The van der Waals surface area contributed by atoms with E-state index in [-0.39, 0.29) is 22.4 Å². The van der Waals surface area contributed by atoms with Gasteiger partial charge in [-0.1, -0.05) is 54.6 Å². The first-order valence-electron chi connectivity index (χ1n) is 4.76. The average molecular weight is 288 g/mol. The summed E-state index contributed by atoms with van der Waals surface area (Å²) in [5.74, 6) is 0. The summed E-state index contributed by atoms with van der Waals surface area (Å²) in [7, 11) is -4.72. The van der Waals surface area contributed by atoms with Gasteiger partial charge in [-0.05, 0) is 24.0 Å². The van der Waals surface area contributed by atoms with Crippen LogP contribution in [0, 0.1) is 0 Å². The molecule has 0 spiro atoms. The van der Waals surface area contributed by atoms with Crippen LogP contribution in [0.4, 0.5) is 0 Å². The van der Waals surface area contributed by atoms with Crippen LogP contribution in [0.15, 0.2) is 54.6 Å². The molecule has 88 valence electrons. The Bertz CT molecular complexity index is 536. The van der Waals surface area contributed by atoms with Crippen LogP contribution in [0.3, 0.4) is 0 Å². The van der Waals surface area contributed by atoms with Crippen molar-refractivity contribution in [2.45, 2.75) is 0 Å². The summed E-state index contributed by atoms with van der Waals surface area (Å²) in [6.07, 6.45) is 0. The molecule has 2 aromatic carbocycles. The Labute approximate surface area is 110 Å². The maximum atomic E-state index is 11.1. The zero-order valence-corrected chi connectivity index (χ0v) is 10.7. The molecule has 0 aliphatic heterocycles. The fraction of sp³-hybridized carbons (Fsp3) is 0. The van der Waals surface area contributed by atoms with E-state index in [4.69, 9.17) is 0 Å². The van der Waals surface area contributed by atoms with Crippen LogP contribution in [0.5, 0.6) is 0 Å². The van der Waals surface area contributed by atoms with E-state index in [0.29, 0.717) is 5.56 Å². The normalized spacial score (nSPS) is 10.7. The molecule has 17 heavy (non-hydrogen) atoms. The molecule has 0 fully saturated rings. The summed E-state index contributed by atoms with van der Waals surface area (Å²) in [6, 6.07) is 15.2. The molecule has 2 rings (SSSR count). The van der Waals surface area contributed by atoms with Crippen LogP contribution in [0.1, 0.15) is 0 Å². The Morgan fingerprint density at radius 2 is 1.35 bits per heavy atom. The molecule has 0 bridgehead atoms. The van der Waals surface area contributed by atoms with Crippen LogP contribution >= 0.6 is 7.60 Å². The third kappa shape index (κ3) is 3.29. The minimum Gasteiger partial charge on any atom is -0.807 e. The number of rotatable bonds is 2. The van der Waals surface area contributed by atoms with Crippen LogP contribution in [0.25, 0.3) is 11.1 Å². The van der Waals surface area contributed by atoms with Crippen molar-refractivity contribution >= 4 is 12.9 Å². The topological polar surface area (TPSA) is 63.2 Å². The second-order valence-electron chi connectivity index (χ2n) is 3.38. The standard InChI is InChI=1S/C12H11O3P.Fe/c13-16(14,15)12-9-5-4-8-11(12)10-6-2-1-3-7-10;/h1-9H,(H2,13,14,15);/q;+2/p-2. The molecule has 0 radical (unpaired) electrons. The van der Waals surface area contributed by atoms with E-state index in [0.717, 1.165) is 5.56 Å². The van der Waals surface area contributed by atoms with Gasteiger partial charge < -0.3 is 14.4 Å². The molecular weight excluding hydrogens is 279 g/mol. The molecule has 0 unspecified atom stereocenters. The molecule has 0 heterocycles. The predicted octanol–water partition coefficient (Wildman–Crippen LogP) is 0.890. The molecular formula is C12H9FeO3P. The molecule has 0 saturated carbocycles. The van der Waals surface area contributed by atoms with Crippen molar-refractivity contribution in [1.82, 2.24) is 0 Å². The van der Waals surface area contributed by atoms with Crippen molar-refractivity contribution in [3.05, 3.63) is 54.6 Å². The SMILES string of the molecule is O=P([O-])([O-])c1ccccc1-c1ccccc1.[Fe+2]. The zero-order valence-electron chi connectivity index (χ0n) is 8.72. The smallest absolute Gasteiger partial charge is 0.807 e. The van der Waals surface area contributed by atoms with E-state index in [1.807, 2.05) is 6.07 Å². The summed E-state index contributed by atoms with van der Waals surface area (Å²) < 4.78 is 11.1. The van der Waals surface area contributed by atoms with Crippen LogP contribution in [0.2, 0.25) is 0 Å². The quantitative estimate of drug-likeness (QED) is 0.609. The Hall–Kier alpha value is -0.891. The predicted molar refractivity (Wildman–Crippen MR) is 59.1 cm³/mol. The fourth-order valence-corrected chi connectivity index (χ4v) is 2.34. The molecule has 2 aromatic rings. The molecule has 3 nitrogen and oxygen atoms in total. The Kier molecular flexibility index (Phi) is 4.70. The third-order valence-corrected chi connectivity index (χ3v) is 3.26. The van der Waals surface area contributed by atoms with Crippen molar-refractivity contribution < 1.29 is 31.4 Å². The Morgan fingerprint density at radius 3 is 1.94 bits per heavy atom. The molecule has 0 atom stereocenters. The van der Waals surface area contributed by atoms with Gasteiger partial charge in [0.2, 0.25) is 0 Å². The molecule has 5 heteroatoms. The second-order valence-corrected chi connectivity index (χ2v) is 4.86. The van der Waals surface area contributed by atoms with E-state index in [1.54, 1.807) is 42.5 Å². The van der Waals surface area contributed by atoms with Crippen molar-refractivity contribution in [2.24, 2.45) is 0 Å². The fourth-order valence-electron chi connectivity index (χ4n) is 1.57. The molecule has 0 aliphatic carbocycles. The first-order valence-corrected chi connectivity index (χ1v) is 6.30. The van der Waals surface area contributed by atoms with Gasteiger partial charge in [-0.15, -0.1) is 0 Å². The number of hydrogen-bond donors (Lipinski definition) is 0. The van der Waals surface area contributed by atoms with Crippen molar-refractivity contribution in [1.29, 1.82) is 0 Å². The maximum absolute atomic E-state index is 11.1. The van der Waals surface area contributed by atoms with Gasteiger partial charge in [-0.25, -0.2) is 0 Å². The van der Waals surface area contributed by atoms with Gasteiger partial charge in [-0.2, -0.15) is 0 Å². The largest absolute Gasteiger partial charge is 2.00 e. The minimum atomic E-state index is -4.72. The monoisotopic (exact) mass is 288 g/mol. The summed E-state index contributed by atoms with van der Waals surface area (Å²) in [5, 5.41) is -0.152. The van der Waals surface area contributed by atoms with Gasteiger partial charge in [0, 0.05) is 0 Å². The molecule has 0 aliphatic rings. The maximum Gasteiger partial charge on any atom is 2.00 e. The summed E-state index contributed by atoms with van der Waals surface area (Å²) in [4.78, 5) is 22.2. The minimum absolute atomic E-state index is 0. The summed E-state index contributed by atoms with van der Waals surface area (Å²) >= 11 is 0. The molecule has 0 aromatic heterocycles. The van der Waals surface area contributed by atoms with E-state index in [9.17, 15) is 14.4 Å².